The fourth-order valence-electron chi connectivity index (χ4n) is 1.60. The van der Waals surface area contributed by atoms with Gasteiger partial charge in [-0.15, -0.1) is 0 Å². The highest BCUT2D eigenvalue weighted by Crippen LogP contribution is 2.31. The molecule has 7 heteroatoms. The first-order valence-electron chi connectivity index (χ1n) is 5.39. The Bertz CT molecular complexity index is 705. The molecule has 0 atom stereocenters. The highest BCUT2D eigenvalue weighted by molar-refractivity contribution is 7.92. The van der Waals surface area contributed by atoms with E-state index in [0.29, 0.717) is 10.6 Å². The zero-order valence-corrected chi connectivity index (χ0v) is 11.4. The summed E-state index contributed by atoms with van der Waals surface area (Å²) in [5.74, 6) is 0. The molecule has 106 valence electrons. The van der Waals surface area contributed by atoms with E-state index in [1.807, 2.05) is 0 Å². The van der Waals surface area contributed by atoms with Crippen molar-refractivity contribution in [1.29, 1.82) is 0 Å². The van der Waals surface area contributed by atoms with Crippen LogP contribution < -0.4 is 0 Å². The Hall–Kier alpha value is -1.53. The third-order valence-electron chi connectivity index (χ3n) is 2.65. The molecule has 0 N–H and O–H groups in total. The molecule has 2 aromatic rings. The van der Waals surface area contributed by atoms with E-state index in [1.165, 1.54) is 12.1 Å². The topological polar surface area (TPSA) is 34.1 Å². The molecule has 0 aromatic heterocycles. The smallest absolute Gasteiger partial charge is 0.214 e. The molecule has 0 heterocycles. The van der Waals surface area contributed by atoms with Gasteiger partial charge in [-0.1, -0.05) is 35.9 Å². The fourth-order valence-corrected chi connectivity index (χ4v) is 2.49. The maximum Gasteiger partial charge on any atom is 0.501 e. The van der Waals surface area contributed by atoms with E-state index in [1.54, 1.807) is 24.3 Å². The molecule has 0 aliphatic rings. The maximum absolute atomic E-state index is 12.4. The third kappa shape index (κ3) is 2.81. The molecule has 0 saturated heterocycles. The minimum absolute atomic E-state index is 0.532. The van der Waals surface area contributed by atoms with Crippen LogP contribution in [0.25, 0.3) is 11.1 Å². The van der Waals surface area contributed by atoms with Crippen molar-refractivity contribution in [2.75, 3.05) is 0 Å². The van der Waals surface area contributed by atoms with Crippen LogP contribution in [0.2, 0.25) is 5.02 Å². The Morgan fingerprint density at radius 1 is 0.800 bits per heavy atom. The third-order valence-corrected chi connectivity index (χ3v) is 4.40. The van der Waals surface area contributed by atoms with Crippen LogP contribution in [0.5, 0.6) is 0 Å². The van der Waals surface area contributed by atoms with Gasteiger partial charge in [0, 0.05) is 5.02 Å². The number of halogens is 4. The minimum atomic E-state index is -5.30. The number of hydrogen-bond donors (Lipinski definition) is 0. The molecule has 2 aromatic carbocycles. The first kappa shape index (κ1) is 14.9. The van der Waals surface area contributed by atoms with Crippen LogP contribution in [-0.4, -0.2) is 13.9 Å². The molecule has 0 aliphatic heterocycles. The summed E-state index contributed by atoms with van der Waals surface area (Å²) in [6.45, 7) is 0. The van der Waals surface area contributed by atoms with Gasteiger partial charge in [-0.2, -0.15) is 13.2 Å². The molecule has 0 unspecified atom stereocenters. The highest BCUT2D eigenvalue weighted by atomic mass is 35.5. The van der Waals surface area contributed by atoms with Gasteiger partial charge in [-0.3, -0.25) is 0 Å². The van der Waals surface area contributed by atoms with Crippen molar-refractivity contribution in [3.05, 3.63) is 53.6 Å². The van der Waals surface area contributed by atoms with E-state index in [9.17, 15) is 21.6 Å². The monoisotopic (exact) mass is 320 g/mol. The van der Waals surface area contributed by atoms with Crippen LogP contribution >= 0.6 is 11.6 Å². The van der Waals surface area contributed by atoms with Crippen molar-refractivity contribution in [2.45, 2.75) is 10.4 Å². The van der Waals surface area contributed by atoms with Crippen LogP contribution in [0.1, 0.15) is 0 Å². The normalized spacial score (nSPS) is 12.4. The van der Waals surface area contributed by atoms with Gasteiger partial charge < -0.3 is 0 Å². The van der Waals surface area contributed by atoms with Crippen LogP contribution in [-0.2, 0) is 9.84 Å². The largest absolute Gasteiger partial charge is 0.501 e. The molecule has 2 nitrogen and oxygen atoms in total. The van der Waals surface area contributed by atoms with Gasteiger partial charge in [0.15, 0.2) is 0 Å². The minimum Gasteiger partial charge on any atom is -0.214 e. The highest BCUT2D eigenvalue weighted by Gasteiger charge is 2.46. The molecule has 0 bridgehead atoms. The van der Waals surface area contributed by atoms with Gasteiger partial charge >= 0.3 is 5.51 Å². The predicted molar refractivity (Wildman–Crippen MR) is 70.1 cm³/mol. The summed E-state index contributed by atoms with van der Waals surface area (Å²) in [5, 5.41) is 0.532. The summed E-state index contributed by atoms with van der Waals surface area (Å²) in [4.78, 5) is -0.775. The maximum atomic E-state index is 12.4. The zero-order chi connectivity index (χ0) is 15.0. The Morgan fingerprint density at radius 3 is 1.60 bits per heavy atom. The fraction of sp³-hybridized carbons (Fsp3) is 0.0769. The molecule has 0 aliphatic carbocycles. The van der Waals surface area contributed by atoms with Gasteiger partial charge in [0.2, 0.25) is 0 Å². The summed E-state index contributed by atoms with van der Waals surface area (Å²) < 4.78 is 59.6. The summed E-state index contributed by atoms with van der Waals surface area (Å²) in [6, 6.07) is 11.2. The van der Waals surface area contributed by atoms with Crippen LogP contribution in [0.4, 0.5) is 13.2 Å². The number of rotatable bonds is 2. The lowest BCUT2D eigenvalue weighted by atomic mass is 10.1. The van der Waals surface area contributed by atoms with Crippen molar-refractivity contribution in [3.63, 3.8) is 0 Å². The van der Waals surface area contributed by atoms with Gasteiger partial charge in [0.05, 0.1) is 4.90 Å². The average Bonchev–Trinajstić information content (AvgIpc) is 2.38. The summed E-state index contributed by atoms with van der Waals surface area (Å²) in [5.41, 5.74) is -3.97. The summed E-state index contributed by atoms with van der Waals surface area (Å²) in [6.07, 6.45) is 0. The zero-order valence-electron chi connectivity index (χ0n) is 9.86. The lowest BCUT2D eigenvalue weighted by Gasteiger charge is -2.09. The Labute approximate surface area is 118 Å². The van der Waals surface area contributed by atoms with Crippen LogP contribution in [0, 0.1) is 0 Å². The van der Waals surface area contributed by atoms with Gasteiger partial charge in [0.25, 0.3) is 9.84 Å². The van der Waals surface area contributed by atoms with Crippen LogP contribution in [0.3, 0.4) is 0 Å². The molecule has 0 fully saturated rings. The molecule has 0 spiro atoms. The first-order valence-corrected chi connectivity index (χ1v) is 7.25. The standard InChI is InChI=1S/C13H8ClF3O2S/c14-11-5-1-9(2-6-11)10-3-7-12(8-4-10)20(18,19)13(15,16)17/h1-8H. The van der Waals surface area contributed by atoms with Crippen molar-refractivity contribution in [1.82, 2.24) is 0 Å². The van der Waals surface area contributed by atoms with E-state index < -0.39 is 20.2 Å². The second-order valence-corrected chi connectivity index (χ2v) is 6.36. The van der Waals surface area contributed by atoms with Gasteiger partial charge in [0.1, 0.15) is 0 Å². The van der Waals surface area contributed by atoms with Crippen LogP contribution in [0.15, 0.2) is 53.4 Å². The average molecular weight is 321 g/mol. The lowest BCUT2D eigenvalue weighted by Crippen LogP contribution is -2.23. The predicted octanol–water partition coefficient (Wildman–Crippen LogP) is 4.30. The molecule has 0 radical (unpaired) electrons. The van der Waals surface area contributed by atoms with Gasteiger partial charge in [-0.25, -0.2) is 8.42 Å². The van der Waals surface area contributed by atoms with Crippen molar-refractivity contribution in [2.24, 2.45) is 0 Å². The Balaban J connectivity index is 2.39. The quantitative estimate of drug-likeness (QED) is 0.826. The summed E-state index contributed by atoms with van der Waals surface area (Å²) >= 11 is 5.73. The number of sulfone groups is 1. The lowest BCUT2D eigenvalue weighted by molar-refractivity contribution is -0.0436. The van der Waals surface area contributed by atoms with Crippen molar-refractivity contribution < 1.29 is 21.6 Å². The van der Waals surface area contributed by atoms with E-state index in [2.05, 4.69) is 0 Å². The van der Waals surface area contributed by atoms with E-state index in [0.717, 1.165) is 17.7 Å². The number of benzene rings is 2. The Kier molecular flexibility index (Phi) is 3.80. The SMILES string of the molecule is O=S(=O)(c1ccc(-c2ccc(Cl)cc2)cc1)C(F)(F)F. The first-order chi connectivity index (χ1) is 9.22. The molecule has 0 amide bonds. The molecule has 0 saturated carbocycles. The molecular formula is C13H8ClF3O2S. The number of hydrogen-bond acceptors (Lipinski definition) is 2. The second-order valence-electron chi connectivity index (χ2n) is 3.98. The van der Waals surface area contributed by atoms with Crippen molar-refractivity contribution in [3.8, 4) is 11.1 Å². The molecular weight excluding hydrogens is 313 g/mol. The van der Waals surface area contributed by atoms with Gasteiger partial charge in [-0.05, 0) is 35.4 Å². The summed E-state index contributed by atoms with van der Waals surface area (Å²) in [7, 11) is -5.30. The van der Waals surface area contributed by atoms with E-state index >= 15 is 0 Å². The van der Waals surface area contributed by atoms with E-state index in [4.69, 9.17) is 11.6 Å². The molecule has 20 heavy (non-hydrogen) atoms. The number of alkyl halides is 3. The Morgan fingerprint density at radius 2 is 1.20 bits per heavy atom. The van der Waals surface area contributed by atoms with Crippen molar-refractivity contribution >= 4 is 21.4 Å². The second kappa shape index (κ2) is 5.10. The van der Waals surface area contributed by atoms with E-state index in [-0.39, 0.29) is 0 Å². The molecule has 2 rings (SSSR count).